The lowest BCUT2D eigenvalue weighted by Gasteiger charge is -2.31. The van der Waals surface area contributed by atoms with Crippen LogP contribution in [0.15, 0.2) is 230 Å². The van der Waals surface area contributed by atoms with Crippen LogP contribution in [0.3, 0.4) is 0 Å². The smallest absolute Gasteiger partial charge is 0.0540 e. The second-order valence-corrected chi connectivity index (χ2v) is 14.8. The molecule has 0 saturated carbocycles. The van der Waals surface area contributed by atoms with E-state index in [-0.39, 0.29) is 0 Å². The summed E-state index contributed by atoms with van der Waals surface area (Å²) in [5, 5.41) is 9.95. The van der Waals surface area contributed by atoms with Gasteiger partial charge in [0.05, 0.1) is 22.7 Å². The van der Waals surface area contributed by atoms with Crippen molar-refractivity contribution in [3.8, 4) is 0 Å². The maximum absolute atomic E-state index is 2.45. The highest BCUT2D eigenvalue weighted by molar-refractivity contribution is 6.04. The number of rotatable bonds is 8. The van der Waals surface area contributed by atoms with Crippen LogP contribution < -0.4 is 9.80 Å². The molecule has 2 heteroatoms. The summed E-state index contributed by atoms with van der Waals surface area (Å²) in [6.45, 7) is 0. The Hall–Kier alpha value is -6.90. The molecule has 8 aromatic rings. The number of anilines is 4. The van der Waals surface area contributed by atoms with Crippen LogP contribution in [-0.4, -0.2) is 0 Å². The molecule has 10 rings (SSSR count). The molecular formula is C54H42N2. The fourth-order valence-electron chi connectivity index (χ4n) is 8.58. The number of fused-ring (bicyclic) bond motifs is 4. The third-order valence-electron chi connectivity index (χ3n) is 11.4. The summed E-state index contributed by atoms with van der Waals surface area (Å²) in [5.41, 5.74) is 7.19. The van der Waals surface area contributed by atoms with Crippen molar-refractivity contribution < 1.29 is 0 Å². The lowest BCUT2D eigenvalue weighted by molar-refractivity contribution is 0.766. The number of benzene rings is 8. The van der Waals surface area contributed by atoms with Crippen LogP contribution >= 0.6 is 0 Å². The lowest BCUT2D eigenvalue weighted by Crippen LogP contribution is -2.18. The number of hydrogen-bond donors (Lipinski definition) is 0. The van der Waals surface area contributed by atoms with Crippen molar-refractivity contribution in [2.45, 2.75) is 12.8 Å². The normalized spacial score (nSPS) is 16.8. The van der Waals surface area contributed by atoms with Gasteiger partial charge in [0.25, 0.3) is 0 Å². The fourth-order valence-corrected chi connectivity index (χ4v) is 8.58. The molecule has 268 valence electrons. The molecule has 0 heterocycles. The van der Waals surface area contributed by atoms with Crippen LogP contribution in [0, 0.1) is 11.8 Å². The highest BCUT2D eigenvalue weighted by Gasteiger charge is 2.22. The summed E-state index contributed by atoms with van der Waals surface area (Å²) in [4.78, 5) is 4.91. The minimum Gasteiger partial charge on any atom is -0.310 e. The van der Waals surface area contributed by atoms with Crippen molar-refractivity contribution in [2.24, 2.45) is 11.8 Å². The van der Waals surface area contributed by atoms with E-state index in [0.717, 1.165) is 12.8 Å². The third-order valence-corrected chi connectivity index (χ3v) is 11.4. The monoisotopic (exact) mass is 718 g/mol. The zero-order valence-electron chi connectivity index (χ0n) is 31.2. The molecule has 0 aromatic heterocycles. The summed E-state index contributed by atoms with van der Waals surface area (Å²) in [6.07, 6.45) is 20.9. The molecule has 0 aliphatic heterocycles. The molecule has 2 nitrogen and oxygen atoms in total. The van der Waals surface area contributed by atoms with E-state index in [9.17, 15) is 0 Å². The standard InChI is InChI=1S/C54H42N2/c1-5-21-47-41(13-1)17-9-25-51(47)55(52-26-10-18-42-14-2-6-22-48(42)52)45-35-31-39(32-36-45)29-30-40-33-37-46(38-34-40)56(53-27-11-19-43-15-3-7-23-49(43)53)54-28-12-20-44-16-4-8-24-50(44)54/h1-31,33,35-40H,32,34H2/b30-29+. The van der Waals surface area contributed by atoms with Crippen LogP contribution in [0.2, 0.25) is 0 Å². The summed E-state index contributed by atoms with van der Waals surface area (Å²) in [6, 6.07) is 61.3. The zero-order chi connectivity index (χ0) is 37.3. The summed E-state index contributed by atoms with van der Waals surface area (Å²) >= 11 is 0. The van der Waals surface area contributed by atoms with Gasteiger partial charge in [0.2, 0.25) is 0 Å². The second-order valence-electron chi connectivity index (χ2n) is 14.8. The Labute approximate surface area is 328 Å². The predicted molar refractivity (Wildman–Crippen MR) is 240 cm³/mol. The van der Waals surface area contributed by atoms with Crippen molar-refractivity contribution >= 4 is 65.8 Å². The fraction of sp³-hybridized carbons (Fsp3) is 0.0741. The number of nitrogens with zero attached hydrogens (tertiary/aromatic N) is 2. The van der Waals surface area contributed by atoms with Crippen LogP contribution in [0.25, 0.3) is 43.1 Å². The van der Waals surface area contributed by atoms with Gasteiger partial charge >= 0.3 is 0 Å². The van der Waals surface area contributed by atoms with Gasteiger partial charge in [-0.15, -0.1) is 0 Å². The van der Waals surface area contributed by atoms with Crippen LogP contribution in [0.5, 0.6) is 0 Å². The molecule has 0 amide bonds. The molecule has 2 aliphatic rings. The minimum atomic E-state index is 0.335. The van der Waals surface area contributed by atoms with E-state index in [2.05, 4.69) is 228 Å². The molecule has 2 aliphatic carbocycles. The molecule has 0 fully saturated rings. The Kier molecular flexibility index (Phi) is 8.85. The van der Waals surface area contributed by atoms with Gasteiger partial charge in [0, 0.05) is 32.9 Å². The molecule has 0 N–H and O–H groups in total. The van der Waals surface area contributed by atoms with Gasteiger partial charge in [-0.1, -0.05) is 182 Å². The summed E-state index contributed by atoms with van der Waals surface area (Å²) in [7, 11) is 0. The van der Waals surface area contributed by atoms with E-state index in [1.54, 1.807) is 0 Å². The summed E-state index contributed by atoms with van der Waals surface area (Å²) in [5.74, 6) is 0.671. The lowest BCUT2D eigenvalue weighted by atomic mass is 9.92. The van der Waals surface area contributed by atoms with E-state index >= 15 is 0 Å². The Morgan fingerprint density at radius 2 is 0.625 bits per heavy atom. The van der Waals surface area contributed by atoms with Crippen molar-refractivity contribution in [2.75, 3.05) is 9.80 Å². The van der Waals surface area contributed by atoms with Crippen LogP contribution in [0.1, 0.15) is 12.8 Å². The van der Waals surface area contributed by atoms with E-state index in [0.29, 0.717) is 11.8 Å². The number of hydrogen-bond acceptors (Lipinski definition) is 2. The zero-order valence-corrected chi connectivity index (χ0v) is 31.2. The quantitative estimate of drug-likeness (QED) is 0.144. The topological polar surface area (TPSA) is 6.48 Å². The van der Waals surface area contributed by atoms with E-state index in [4.69, 9.17) is 0 Å². The largest absolute Gasteiger partial charge is 0.310 e. The maximum atomic E-state index is 2.45. The van der Waals surface area contributed by atoms with Gasteiger partial charge in [-0.3, -0.25) is 0 Å². The van der Waals surface area contributed by atoms with Gasteiger partial charge in [-0.05, 0) is 82.6 Å². The first kappa shape index (κ1) is 33.7. The highest BCUT2D eigenvalue weighted by Crippen LogP contribution is 2.42. The molecular weight excluding hydrogens is 677 g/mol. The molecule has 2 unspecified atom stereocenters. The van der Waals surface area contributed by atoms with Crippen molar-refractivity contribution in [1.82, 2.24) is 0 Å². The Morgan fingerprint density at radius 1 is 0.339 bits per heavy atom. The first-order chi connectivity index (χ1) is 27.8. The summed E-state index contributed by atoms with van der Waals surface area (Å²) < 4.78 is 0. The molecule has 0 radical (unpaired) electrons. The maximum Gasteiger partial charge on any atom is 0.0540 e. The third kappa shape index (κ3) is 6.29. The van der Waals surface area contributed by atoms with Crippen molar-refractivity contribution in [3.63, 3.8) is 0 Å². The van der Waals surface area contributed by atoms with Gasteiger partial charge in [-0.2, -0.15) is 0 Å². The highest BCUT2D eigenvalue weighted by atomic mass is 15.2. The average molecular weight is 719 g/mol. The minimum absolute atomic E-state index is 0.335. The second kappa shape index (κ2) is 14.7. The van der Waals surface area contributed by atoms with E-state index in [1.165, 1.54) is 77.2 Å². The Morgan fingerprint density at radius 3 is 0.911 bits per heavy atom. The molecule has 56 heavy (non-hydrogen) atoms. The van der Waals surface area contributed by atoms with Crippen LogP contribution in [0.4, 0.5) is 22.7 Å². The molecule has 0 saturated heterocycles. The predicted octanol–water partition coefficient (Wildman–Crippen LogP) is 14.8. The van der Waals surface area contributed by atoms with Gasteiger partial charge in [-0.25, -0.2) is 0 Å². The molecule has 0 bridgehead atoms. The average Bonchev–Trinajstić information content (AvgIpc) is 3.27. The van der Waals surface area contributed by atoms with Gasteiger partial charge < -0.3 is 9.80 Å². The Balaban J connectivity index is 0.926. The van der Waals surface area contributed by atoms with E-state index in [1.807, 2.05) is 0 Å². The van der Waals surface area contributed by atoms with E-state index < -0.39 is 0 Å². The molecule has 8 aromatic carbocycles. The first-order valence-corrected chi connectivity index (χ1v) is 19.7. The number of allylic oxidation sites excluding steroid dienone is 8. The van der Waals surface area contributed by atoms with Crippen molar-refractivity contribution in [1.29, 1.82) is 0 Å². The SMILES string of the molecule is C1=CC(/C=C/C2C=CC(N(c3cccc4ccccc34)c3cccc4ccccc34)=CC2)CC=C1N(c1cccc2ccccc12)c1cccc2ccccc12. The van der Waals surface area contributed by atoms with Crippen LogP contribution in [-0.2, 0) is 0 Å². The molecule has 2 atom stereocenters. The molecule has 0 spiro atoms. The first-order valence-electron chi connectivity index (χ1n) is 19.7. The van der Waals surface area contributed by atoms with Crippen molar-refractivity contribution in [3.05, 3.63) is 230 Å². The van der Waals surface area contributed by atoms with Gasteiger partial charge in [0.1, 0.15) is 0 Å². The Bertz CT molecular complexity index is 2530. The van der Waals surface area contributed by atoms with Gasteiger partial charge in [0.15, 0.2) is 0 Å².